The first-order valence-corrected chi connectivity index (χ1v) is 8.82. The van der Waals surface area contributed by atoms with Crippen molar-refractivity contribution in [3.8, 4) is 0 Å². The maximum atomic E-state index is 6.24. The van der Waals surface area contributed by atoms with Gasteiger partial charge in [0.25, 0.3) is 0 Å². The van der Waals surface area contributed by atoms with Crippen LogP contribution in [0.3, 0.4) is 0 Å². The van der Waals surface area contributed by atoms with E-state index in [4.69, 9.17) is 5.73 Å². The highest BCUT2D eigenvalue weighted by molar-refractivity contribution is 9.10. The second-order valence-corrected chi connectivity index (χ2v) is 7.62. The predicted molar refractivity (Wildman–Crippen MR) is 91.2 cm³/mol. The molecule has 2 heterocycles. The van der Waals surface area contributed by atoms with Crippen LogP contribution in [0.1, 0.15) is 31.2 Å². The molecule has 0 aliphatic carbocycles. The van der Waals surface area contributed by atoms with Crippen molar-refractivity contribution in [1.29, 1.82) is 0 Å². The topological polar surface area (TPSA) is 32.5 Å². The van der Waals surface area contributed by atoms with Gasteiger partial charge in [-0.25, -0.2) is 0 Å². The van der Waals surface area contributed by atoms with Crippen molar-refractivity contribution < 1.29 is 0 Å². The van der Waals surface area contributed by atoms with Crippen molar-refractivity contribution >= 4 is 15.9 Å². The third kappa shape index (κ3) is 3.19. The Labute approximate surface area is 136 Å². The van der Waals surface area contributed by atoms with Crippen LogP contribution in [0, 0.1) is 0 Å². The fraction of sp³-hybridized carbons (Fsp3) is 0.647. The quantitative estimate of drug-likeness (QED) is 0.905. The van der Waals surface area contributed by atoms with Gasteiger partial charge in [0.05, 0.1) is 0 Å². The van der Waals surface area contributed by atoms with Crippen LogP contribution in [0.5, 0.6) is 0 Å². The molecule has 3 rings (SSSR count). The summed E-state index contributed by atoms with van der Waals surface area (Å²) in [4.78, 5) is 5.17. The molecule has 2 aliphatic rings. The number of rotatable bonds is 4. The van der Waals surface area contributed by atoms with E-state index in [1.54, 1.807) is 0 Å². The highest BCUT2D eigenvalue weighted by atomic mass is 79.9. The summed E-state index contributed by atoms with van der Waals surface area (Å²) in [6.07, 6.45) is 5.14. The number of nitrogens with zero attached hydrogens (tertiary/aromatic N) is 2. The Kier molecular flexibility index (Phi) is 4.69. The van der Waals surface area contributed by atoms with Gasteiger partial charge in [0.1, 0.15) is 0 Å². The van der Waals surface area contributed by atoms with Crippen LogP contribution in [0.4, 0.5) is 0 Å². The van der Waals surface area contributed by atoms with E-state index < -0.39 is 0 Å². The number of hydrogen-bond donors (Lipinski definition) is 1. The first kappa shape index (κ1) is 15.5. The van der Waals surface area contributed by atoms with Crippen LogP contribution >= 0.6 is 15.9 Å². The molecular weight excluding hydrogens is 326 g/mol. The molecule has 2 atom stereocenters. The molecule has 0 bridgehead atoms. The van der Waals surface area contributed by atoms with E-state index in [0.717, 1.165) is 23.6 Å². The molecule has 2 aliphatic heterocycles. The molecule has 2 N–H and O–H groups in total. The molecule has 2 saturated heterocycles. The van der Waals surface area contributed by atoms with Crippen LogP contribution < -0.4 is 5.73 Å². The minimum Gasteiger partial charge on any atom is -0.329 e. The number of fused-ring (bicyclic) bond motifs is 1. The van der Waals surface area contributed by atoms with Crippen LogP contribution in [0.2, 0.25) is 0 Å². The third-order valence-electron chi connectivity index (χ3n) is 5.48. The smallest absolute Gasteiger partial charge is 0.0359 e. The number of likely N-dealkylation sites (N-methyl/N-ethyl adjacent to an activating group) is 1. The molecule has 1 aromatic carbocycles. The molecule has 0 saturated carbocycles. The highest BCUT2D eigenvalue weighted by Crippen LogP contribution is 2.36. The second kappa shape index (κ2) is 6.37. The average molecular weight is 352 g/mol. The Morgan fingerprint density at radius 3 is 3.05 bits per heavy atom. The third-order valence-corrected chi connectivity index (χ3v) is 5.97. The lowest BCUT2D eigenvalue weighted by molar-refractivity contribution is 0.0220. The number of nitrogens with two attached hydrogens (primary N) is 1. The summed E-state index contributed by atoms with van der Waals surface area (Å²) in [7, 11) is 2.25. The maximum absolute atomic E-state index is 6.24. The maximum Gasteiger partial charge on any atom is 0.0359 e. The SMILES string of the molecule is CN(Cc1cccc(Br)c1)C1(CN)CCN2CCCC2C1. The minimum absolute atomic E-state index is 0.174. The second-order valence-electron chi connectivity index (χ2n) is 6.70. The van der Waals surface area contributed by atoms with Crippen molar-refractivity contribution in [2.45, 2.75) is 43.8 Å². The molecule has 2 unspecified atom stereocenters. The number of benzene rings is 1. The molecule has 0 aromatic heterocycles. The first-order chi connectivity index (χ1) is 10.1. The van der Waals surface area contributed by atoms with E-state index in [1.165, 1.54) is 44.3 Å². The van der Waals surface area contributed by atoms with Crippen molar-refractivity contribution in [1.82, 2.24) is 9.80 Å². The van der Waals surface area contributed by atoms with E-state index in [9.17, 15) is 0 Å². The fourth-order valence-corrected chi connectivity index (χ4v) is 4.52. The number of piperidine rings is 1. The van der Waals surface area contributed by atoms with Crippen molar-refractivity contribution in [2.75, 3.05) is 26.7 Å². The van der Waals surface area contributed by atoms with E-state index in [1.807, 2.05) is 0 Å². The van der Waals surface area contributed by atoms with Gasteiger partial charge in [-0.1, -0.05) is 28.1 Å². The van der Waals surface area contributed by atoms with Gasteiger partial charge in [-0.2, -0.15) is 0 Å². The van der Waals surface area contributed by atoms with E-state index in [2.05, 4.69) is 57.0 Å². The van der Waals surface area contributed by atoms with Gasteiger partial charge in [-0.05, 0) is 57.0 Å². The summed E-state index contributed by atoms with van der Waals surface area (Å²) in [6.45, 7) is 4.25. The Hall–Kier alpha value is -0.420. The zero-order valence-electron chi connectivity index (χ0n) is 12.9. The van der Waals surface area contributed by atoms with Gasteiger partial charge in [-0.3, -0.25) is 4.90 Å². The lowest BCUT2D eigenvalue weighted by atomic mass is 9.81. The lowest BCUT2D eigenvalue weighted by Crippen LogP contribution is -2.59. The van der Waals surface area contributed by atoms with E-state index in [-0.39, 0.29) is 5.54 Å². The van der Waals surface area contributed by atoms with Gasteiger partial charge in [-0.15, -0.1) is 0 Å². The summed E-state index contributed by atoms with van der Waals surface area (Å²) in [5.41, 5.74) is 7.77. The predicted octanol–water partition coefficient (Wildman–Crippen LogP) is 2.84. The van der Waals surface area contributed by atoms with E-state index in [0.29, 0.717) is 0 Å². The molecule has 0 radical (unpaired) electrons. The van der Waals surface area contributed by atoms with Crippen molar-refractivity contribution in [2.24, 2.45) is 5.73 Å². The summed E-state index contributed by atoms with van der Waals surface area (Å²) in [6, 6.07) is 9.37. The fourth-order valence-electron chi connectivity index (χ4n) is 4.08. The summed E-state index contributed by atoms with van der Waals surface area (Å²) in [5.74, 6) is 0. The molecular formula is C17H26BrN3. The molecule has 0 spiro atoms. The van der Waals surface area contributed by atoms with E-state index >= 15 is 0 Å². The summed E-state index contributed by atoms with van der Waals surface area (Å²) < 4.78 is 1.15. The Morgan fingerprint density at radius 1 is 1.43 bits per heavy atom. The molecule has 1 aromatic rings. The minimum atomic E-state index is 0.174. The number of halogens is 1. The number of hydrogen-bond acceptors (Lipinski definition) is 3. The monoisotopic (exact) mass is 351 g/mol. The van der Waals surface area contributed by atoms with Crippen LogP contribution in [0.25, 0.3) is 0 Å². The van der Waals surface area contributed by atoms with Crippen LogP contribution in [0.15, 0.2) is 28.7 Å². The molecule has 3 nitrogen and oxygen atoms in total. The molecule has 2 fully saturated rings. The lowest BCUT2D eigenvalue weighted by Gasteiger charge is -2.49. The van der Waals surface area contributed by atoms with Crippen LogP contribution in [-0.2, 0) is 6.54 Å². The Balaban J connectivity index is 1.72. The van der Waals surface area contributed by atoms with Gasteiger partial charge in [0.15, 0.2) is 0 Å². The van der Waals surface area contributed by atoms with Crippen molar-refractivity contribution in [3.05, 3.63) is 34.3 Å². The van der Waals surface area contributed by atoms with Crippen LogP contribution in [-0.4, -0.2) is 48.1 Å². The molecule has 116 valence electrons. The largest absolute Gasteiger partial charge is 0.329 e. The van der Waals surface area contributed by atoms with Gasteiger partial charge in [0, 0.05) is 35.7 Å². The summed E-state index contributed by atoms with van der Waals surface area (Å²) in [5, 5.41) is 0. The first-order valence-electron chi connectivity index (χ1n) is 8.03. The van der Waals surface area contributed by atoms with Gasteiger partial charge < -0.3 is 10.6 Å². The molecule has 4 heteroatoms. The Bertz CT molecular complexity index is 493. The zero-order valence-corrected chi connectivity index (χ0v) is 14.5. The summed E-state index contributed by atoms with van der Waals surface area (Å²) >= 11 is 3.57. The van der Waals surface area contributed by atoms with Gasteiger partial charge >= 0.3 is 0 Å². The normalized spacial score (nSPS) is 29.8. The Morgan fingerprint density at radius 2 is 2.29 bits per heavy atom. The average Bonchev–Trinajstić information content (AvgIpc) is 2.94. The highest BCUT2D eigenvalue weighted by Gasteiger charge is 2.42. The van der Waals surface area contributed by atoms with Crippen molar-refractivity contribution in [3.63, 3.8) is 0 Å². The molecule has 0 amide bonds. The van der Waals surface area contributed by atoms with Gasteiger partial charge in [0.2, 0.25) is 0 Å². The zero-order chi connectivity index (χ0) is 14.9. The molecule has 21 heavy (non-hydrogen) atoms. The standard InChI is InChI=1S/C17H26BrN3/c1-20(12-14-4-2-5-15(18)10-14)17(13-19)7-9-21-8-3-6-16(21)11-17/h2,4-5,10,16H,3,6-9,11-13,19H2,1H3.